The van der Waals surface area contributed by atoms with Gasteiger partial charge in [0.15, 0.2) is 0 Å². The minimum absolute atomic E-state index is 0.725. The maximum absolute atomic E-state index is 13.9. The number of unbranched alkanes of at least 4 members (excludes halogenated alkanes) is 1. The van der Waals surface area contributed by atoms with Crippen LogP contribution in [0.15, 0.2) is 0 Å². The molecule has 31 heavy (non-hydrogen) atoms. The van der Waals surface area contributed by atoms with Gasteiger partial charge >= 0.3 is 24.7 Å². The highest BCUT2D eigenvalue weighted by atomic mass is 35.7. The van der Waals surface area contributed by atoms with Gasteiger partial charge in [0.2, 0.25) is 9.05 Å². The quantitative estimate of drug-likeness (QED) is 0.185. The predicted molar refractivity (Wildman–Crippen MR) is 78.1 cm³/mol. The highest BCUT2D eigenvalue weighted by Crippen LogP contribution is 2.55. The van der Waals surface area contributed by atoms with Gasteiger partial charge in [-0.3, -0.25) is 0 Å². The molecule has 0 N–H and O–H groups in total. The van der Waals surface area contributed by atoms with Crippen LogP contribution in [-0.2, 0) is 9.05 Å². The lowest BCUT2D eigenvalue weighted by atomic mass is 9.80. The van der Waals surface area contributed by atoms with E-state index in [1.54, 1.807) is 0 Å². The number of alkyl halides is 14. The molecule has 2 nitrogen and oxygen atoms in total. The summed E-state index contributed by atoms with van der Waals surface area (Å²) in [6.07, 6.45) is -36.3. The fraction of sp³-hybridized carbons (Fsp3) is 1.00. The lowest BCUT2D eigenvalue weighted by Crippen LogP contribution is -2.57. The van der Waals surface area contributed by atoms with Crippen molar-refractivity contribution in [1.29, 1.82) is 0 Å². The number of hydrogen-bond acceptors (Lipinski definition) is 2. The number of hydrogen-bond donors (Lipinski definition) is 0. The lowest BCUT2D eigenvalue weighted by Gasteiger charge is -2.37. The largest absolute Gasteiger partial charge is 0.431 e. The fourth-order valence-corrected chi connectivity index (χ4v) is 3.44. The van der Waals surface area contributed by atoms with E-state index in [-0.39, 0.29) is 0 Å². The molecule has 0 radical (unpaired) electrons. The van der Waals surface area contributed by atoms with E-state index in [0.29, 0.717) is 0 Å². The van der Waals surface area contributed by atoms with Crippen LogP contribution in [0.3, 0.4) is 0 Å². The molecule has 188 valence electrons. The highest BCUT2D eigenvalue weighted by Gasteiger charge is 2.75. The minimum Gasteiger partial charge on any atom is -0.224 e. The Morgan fingerprint density at radius 2 is 0.871 bits per heavy atom. The standard InChI is InChI=1S/C13H13ClF14O2S/c14-31(29,30)4-2-1-3-7(5-8(15,10(17,18)19)11(20,21)22)6-9(16,12(23,24)25)13(26,27)28/h7H,1-6H2. The van der Waals surface area contributed by atoms with Crippen LogP contribution in [0.25, 0.3) is 0 Å². The molecule has 0 bridgehead atoms. The Hall–Kier alpha value is -0.740. The summed E-state index contributed by atoms with van der Waals surface area (Å²) in [5.41, 5.74) is -12.5. The first-order valence-corrected chi connectivity index (χ1v) is 10.3. The minimum atomic E-state index is -6.81. The van der Waals surface area contributed by atoms with Crippen LogP contribution in [0.2, 0.25) is 0 Å². The molecule has 0 aliphatic carbocycles. The first-order chi connectivity index (χ1) is 13.3. The third-order valence-electron chi connectivity index (χ3n) is 4.19. The van der Waals surface area contributed by atoms with Crippen molar-refractivity contribution < 1.29 is 69.9 Å². The first-order valence-electron chi connectivity index (χ1n) is 7.85. The third kappa shape index (κ3) is 7.67. The molecule has 0 saturated heterocycles. The molecule has 0 fully saturated rings. The van der Waals surface area contributed by atoms with Crippen molar-refractivity contribution in [2.75, 3.05) is 5.75 Å². The van der Waals surface area contributed by atoms with Crippen LogP contribution < -0.4 is 0 Å². The van der Waals surface area contributed by atoms with Gasteiger partial charge in [-0.2, -0.15) is 52.7 Å². The average molecular weight is 535 g/mol. The van der Waals surface area contributed by atoms with E-state index >= 15 is 0 Å². The van der Waals surface area contributed by atoms with E-state index in [0.717, 1.165) is 0 Å². The summed E-state index contributed by atoms with van der Waals surface area (Å²) < 4.78 is 201. The fourth-order valence-electron chi connectivity index (χ4n) is 2.56. The Morgan fingerprint density at radius 3 is 1.10 bits per heavy atom. The van der Waals surface area contributed by atoms with E-state index in [1.807, 2.05) is 0 Å². The molecule has 0 atom stereocenters. The van der Waals surface area contributed by atoms with Crippen LogP contribution in [0, 0.1) is 5.92 Å². The third-order valence-corrected chi connectivity index (χ3v) is 5.43. The summed E-state index contributed by atoms with van der Waals surface area (Å²) in [6.45, 7) is 0. The maximum Gasteiger partial charge on any atom is 0.431 e. The van der Waals surface area contributed by atoms with Gasteiger partial charge in [0, 0.05) is 23.5 Å². The van der Waals surface area contributed by atoms with Crippen LogP contribution >= 0.6 is 10.7 Å². The summed E-state index contributed by atoms with van der Waals surface area (Å²) in [7, 11) is 0.477. The Kier molecular flexibility index (Phi) is 9.03. The van der Waals surface area contributed by atoms with Gasteiger partial charge in [-0.05, 0) is 12.3 Å². The van der Waals surface area contributed by atoms with E-state index in [4.69, 9.17) is 10.7 Å². The van der Waals surface area contributed by atoms with E-state index in [1.165, 1.54) is 0 Å². The molecular formula is C13H13ClF14O2S. The van der Waals surface area contributed by atoms with Crippen molar-refractivity contribution >= 4 is 19.7 Å². The molecule has 0 unspecified atom stereocenters. The van der Waals surface area contributed by atoms with Gasteiger partial charge in [0.1, 0.15) is 0 Å². The van der Waals surface area contributed by atoms with E-state index in [2.05, 4.69) is 0 Å². The van der Waals surface area contributed by atoms with E-state index in [9.17, 15) is 69.9 Å². The molecule has 0 saturated carbocycles. The summed E-state index contributed by atoms with van der Waals surface area (Å²) >= 11 is 0. The average Bonchev–Trinajstić information content (AvgIpc) is 2.45. The van der Waals surface area contributed by atoms with Gasteiger partial charge in [-0.25, -0.2) is 17.2 Å². The molecule has 0 aromatic rings. The van der Waals surface area contributed by atoms with Crippen molar-refractivity contribution in [3.63, 3.8) is 0 Å². The summed E-state index contributed by atoms with van der Waals surface area (Å²) in [5.74, 6) is -4.10. The summed E-state index contributed by atoms with van der Waals surface area (Å²) in [4.78, 5) is 0. The number of halogens is 15. The van der Waals surface area contributed by atoms with Crippen LogP contribution in [0.4, 0.5) is 61.5 Å². The molecule has 0 aromatic heterocycles. The molecule has 0 rings (SSSR count). The molecule has 0 spiro atoms. The monoisotopic (exact) mass is 534 g/mol. The zero-order valence-electron chi connectivity index (χ0n) is 14.7. The van der Waals surface area contributed by atoms with Crippen molar-refractivity contribution in [2.24, 2.45) is 5.92 Å². The molecule has 0 amide bonds. The molecule has 0 heterocycles. The number of rotatable bonds is 9. The van der Waals surface area contributed by atoms with Crippen molar-refractivity contribution in [3.8, 4) is 0 Å². The molecule has 0 aromatic carbocycles. The van der Waals surface area contributed by atoms with Gasteiger partial charge < -0.3 is 0 Å². The Labute approximate surface area is 170 Å². The topological polar surface area (TPSA) is 34.1 Å². The smallest absolute Gasteiger partial charge is 0.224 e. The second kappa shape index (κ2) is 9.25. The molecule has 0 aliphatic heterocycles. The van der Waals surface area contributed by atoms with Crippen molar-refractivity contribution in [3.05, 3.63) is 0 Å². The van der Waals surface area contributed by atoms with E-state index < -0.39 is 88.9 Å². The SMILES string of the molecule is O=S(=O)(Cl)CCCCC(CC(F)(C(F)(F)F)C(F)(F)F)CC(F)(C(F)(F)F)C(F)(F)F. The molecule has 0 aliphatic rings. The highest BCUT2D eigenvalue weighted by molar-refractivity contribution is 8.13. The zero-order valence-corrected chi connectivity index (χ0v) is 16.3. The van der Waals surface area contributed by atoms with Gasteiger partial charge in [-0.15, -0.1) is 0 Å². The Bertz CT molecular complexity index is 623. The Morgan fingerprint density at radius 1 is 0.581 bits per heavy atom. The second-order valence-corrected chi connectivity index (χ2v) is 9.50. The summed E-state index contributed by atoms with van der Waals surface area (Å²) in [5, 5.41) is 0. The van der Waals surface area contributed by atoms with Gasteiger partial charge in [0.25, 0.3) is 11.3 Å². The van der Waals surface area contributed by atoms with Crippen LogP contribution in [-0.4, -0.2) is 50.2 Å². The Balaban J connectivity index is 6.11. The predicted octanol–water partition coefficient (Wildman–Crippen LogP) is 6.79. The van der Waals surface area contributed by atoms with Crippen LogP contribution in [0.1, 0.15) is 32.1 Å². The molecule has 18 heteroatoms. The van der Waals surface area contributed by atoms with Crippen molar-refractivity contribution in [2.45, 2.75) is 68.1 Å². The van der Waals surface area contributed by atoms with Gasteiger partial charge in [0.05, 0.1) is 5.75 Å². The van der Waals surface area contributed by atoms with Crippen molar-refractivity contribution in [1.82, 2.24) is 0 Å². The maximum atomic E-state index is 13.9. The second-order valence-electron chi connectivity index (χ2n) is 6.61. The zero-order chi connectivity index (χ0) is 25.3. The first kappa shape index (κ1) is 30.3. The molecular weight excluding hydrogens is 522 g/mol. The summed E-state index contributed by atoms with van der Waals surface area (Å²) in [6, 6.07) is 0. The van der Waals surface area contributed by atoms with Gasteiger partial charge in [-0.1, -0.05) is 12.8 Å². The lowest BCUT2D eigenvalue weighted by molar-refractivity contribution is -0.356. The van der Waals surface area contributed by atoms with Crippen LogP contribution in [0.5, 0.6) is 0 Å². The normalized spacial score (nSPS) is 15.6.